The van der Waals surface area contributed by atoms with Crippen LogP contribution in [0.1, 0.15) is 31.4 Å². The standard InChI is InChI=1S/C14H23BrN2/c1-4-7-16-9-12(3)17-10-13-6-5-11(2)14(15)8-13/h5-6,8,12,16-17H,4,7,9-10H2,1-3H3. The molecule has 3 heteroatoms. The van der Waals surface area contributed by atoms with E-state index in [4.69, 9.17) is 0 Å². The Morgan fingerprint density at radius 3 is 2.76 bits per heavy atom. The van der Waals surface area contributed by atoms with E-state index in [-0.39, 0.29) is 0 Å². The van der Waals surface area contributed by atoms with Crippen LogP contribution >= 0.6 is 15.9 Å². The Balaban J connectivity index is 2.31. The normalized spacial score (nSPS) is 12.7. The monoisotopic (exact) mass is 298 g/mol. The molecule has 0 radical (unpaired) electrons. The Morgan fingerprint density at radius 2 is 2.12 bits per heavy atom. The number of hydrogen-bond acceptors (Lipinski definition) is 2. The Labute approximate surface area is 113 Å². The first-order valence-corrected chi connectivity index (χ1v) is 7.12. The van der Waals surface area contributed by atoms with Crippen LogP contribution < -0.4 is 10.6 Å². The number of aryl methyl sites for hydroxylation is 1. The van der Waals surface area contributed by atoms with E-state index in [1.54, 1.807) is 0 Å². The number of benzene rings is 1. The molecule has 1 unspecified atom stereocenters. The second-order valence-electron chi connectivity index (χ2n) is 4.57. The van der Waals surface area contributed by atoms with E-state index in [9.17, 15) is 0 Å². The topological polar surface area (TPSA) is 24.1 Å². The van der Waals surface area contributed by atoms with Crippen LogP contribution in [0.4, 0.5) is 0 Å². The van der Waals surface area contributed by atoms with Crippen LogP contribution in [-0.2, 0) is 6.54 Å². The molecule has 2 nitrogen and oxygen atoms in total. The quantitative estimate of drug-likeness (QED) is 0.755. The first-order valence-electron chi connectivity index (χ1n) is 6.32. The smallest absolute Gasteiger partial charge is 0.0208 e. The van der Waals surface area contributed by atoms with Gasteiger partial charge in [0.2, 0.25) is 0 Å². The van der Waals surface area contributed by atoms with Crippen LogP contribution in [0.2, 0.25) is 0 Å². The zero-order chi connectivity index (χ0) is 12.7. The van der Waals surface area contributed by atoms with Crippen molar-refractivity contribution in [2.45, 2.75) is 39.8 Å². The van der Waals surface area contributed by atoms with Crippen LogP contribution in [0.3, 0.4) is 0 Å². The van der Waals surface area contributed by atoms with Gasteiger partial charge in [0.05, 0.1) is 0 Å². The average Bonchev–Trinajstić information content (AvgIpc) is 2.31. The minimum absolute atomic E-state index is 0.502. The highest BCUT2D eigenvalue weighted by atomic mass is 79.9. The van der Waals surface area contributed by atoms with E-state index in [2.05, 4.69) is 65.5 Å². The lowest BCUT2D eigenvalue weighted by atomic mass is 10.1. The van der Waals surface area contributed by atoms with Crippen LogP contribution in [0, 0.1) is 6.92 Å². The molecule has 17 heavy (non-hydrogen) atoms. The third-order valence-corrected chi connectivity index (χ3v) is 3.62. The van der Waals surface area contributed by atoms with Crippen molar-refractivity contribution >= 4 is 15.9 Å². The molecule has 0 saturated carbocycles. The first-order chi connectivity index (χ1) is 8.13. The van der Waals surface area contributed by atoms with Gasteiger partial charge in [-0.05, 0) is 44.0 Å². The average molecular weight is 299 g/mol. The summed E-state index contributed by atoms with van der Waals surface area (Å²) in [4.78, 5) is 0. The first kappa shape index (κ1) is 14.7. The maximum Gasteiger partial charge on any atom is 0.0208 e. The lowest BCUT2D eigenvalue weighted by Crippen LogP contribution is -2.36. The lowest BCUT2D eigenvalue weighted by Gasteiger charge is -2.14. The molecular weight excluding hydrogens is 276 g/mol. The fourth-order valence-electron chi connectivity index (χ4n) is 1.61. The third-order valence-electron chi connectivity index (χ3n) is 2.77. The predicted molar refractivity (Wildman–Crippen MR) is 78.3 cm³/mol. The summed E-state index contributed by atoms with van der Waals surface area (Å²) in [6, 6.07) is 7.02. The summed E-state index contributed by atoms with van der Waals surface area (Å²) in [6.45, 7) is 9.57. The van der Waals surface area contributed by atoms with Crippen LogP contribution in [-0.4, -0.2) is 19.1 Å². The number of hydrogen-bond donors (Lipinski definition) is 2. The van der Waals surface area contributed by atoms with Crippen molar-refractivity contribution in [1.29, 1.82) is 0 Å². The van der Waals surface area contributed by atoms with E-state index in [0.29, 0.717) is 6.04 Å². The number of nitrogens with one attached hydrogen (secondary N) is 2. The molecule has 1 atom stereocenters. The van der Waals surface area contributed by atoms with Gasteiger partial charge in [0.15, 0.2) is 0 Å². The van der Waals surface area contributed by atoms with Crippen molar-refractivity contribution < 1.29 is 0 Å². The lowest BCUT2D eigenvalue weighted by molar-refractivity contribution is 0.501. The van der Waals surface area contributed by atoms with Crippen molar-refractivity contribution in [3.63, 3.8) is 0 Å². The van der Waals surface area contributed by atoms with Crippen LogP contribution in [0.25, 0.3) is 0 Å². The van der Waals surface area contributed by atoms with Gasteiger partial charge in [0, 0.05) is 23.6 Å². The van der Waals surface area contributed by atoms with Crippen LogP contribution in [0.5, 0.6) is 0 Å². The summed E-state index contributed by atoms with van der Waals surface area (Å²) in [5.74, 6) is 0. The summed E-state index contributed by atoms with van der Waals surface area (Å²) in [6.07, 6.45) is 1.19. The molecule has 1 aromatic carbocycles. The van der Waals surface area contributed by atoms with Crippen molar-refractivity contribution in [2.24, 2.45) is 0 Å². The van der Waals surface area contributed by atoms with Gasteiger partial charge in [-0.2, -0.15) is 0 Å². The molecule has 0 saturated heterocycles. The largest absolute Gasteiger partial charge is 0.315 e. The second kappa shape index (κ2) is 7.85. The Morgan fingerprint density at radius 1 is 1.35 bits per heavy atom. The van der Waals surface area contributed by atoms with Crippen LogP contribution in [0.15, 0.2) is 22.7 Å². The van der Waals surface area contributed by atoms with E-state index in [0.717, 1.165) is 19.6 Å². The van der Waals surface area contributed by atoms with Crippen molar-refractivity contribution in [2.75, 3.05) is 13.1 Å². The van der Waals surface area contributed by atoms with Gasteiger partial charge in [-0.15, -0.1) is 0 Å². The molecule has 96 valence electrons. The van der Waals surface area contributed by atoms with Gasteiger partial charge in [-0.25, -0.2) is 0 Å². The molecule has 0 bridgehead atoms. The van der Waals surface area contributed by atoms with E-state index in [1.165, 1.54) is 22.0 Å². The number of rotatable bonds is 7. The molecule has 0 spiro atoms. The van der Waals surface area contributed by atoms with Crippen molar-refractivity contribution in [3.8, 4) is 0 Å². The van der Waals surface area contributed by atoms with Crippen molar-refractivity contribution in [3.05, 3.63) is 33.8 Å². The minimum Gasteiger partial charge on any atom is -0.315 e. The fraction of sp³-hybridized carbons (Fsp3) is 0.571. The fourth-order valence-corrected chi connectivity index (χ4v) is 2.03. The maximum atomic E-state index is 3.56. The molecule has 0 heterocycles. The van der Waals surface area contributed by atoms with Gasteiger partial charge in [0.25, 0.3) is 0 Å². The van der Waals surface area contributed by atoms with Crippen molar-refractivity contribution in [1.82, 2.24) is 10.6 Å². The molecular formula is C14H23BrN2. The molecule has 0 aliphatic carbocycles. The SMILES string of the molecule is CCCNCC(C)NCc1ccc(C)c(Br)c1. The molecule has 2 N–H and O–H groups in total. The van der Waals surface area contributed by atoms with Gasteiger partial charge in [0.1, 0.15) is 0 Å². The minimum atomic E-state index is 0.502. The Kier molecular flexibility index (Phi) is 6.78. The molecule has 0 fully saturated rings. The van der Waals surface area contributed by atoms with Gasteiger partial charge in [-0.3, -0.25) is 0 Å². The molecule has 1 rings (SSSR count). The zero-order valence-electron chi connectivity index (χ0n) is 11.0. The summed E-state index contributed by atoms with van der Waals surface area (Å²) < 4.78 is 1.19. The summed E-state index contributed by atoms with van der Waals surface area (Å²) in [7, 11) is 0. The summed E-state index contributed by atoms with van der Waals surface area (Å²) in [5, 5.41) is 6.94. The second-order valence-corrected chi connectivity index (χ2v) is 5.42. The van der Waals surface area contributed by atoms with Gasteiger partial charge < -0.3 is 10.6 Å². The van der Waals surface area contributed by atoms with E-state index in [1.807, 2.05) is 0 Å². The molecule has 1 aromatic rings. The third kappa shape index (κ3) is 5.66. The zero-order valence-corrected chi connectivity index (χ0v) is 12.6. The molecule has 0 amide bonds. The van der Waals surface area contributed by atoms with Gasteiger partial charge in [-0.1, -0.05) is 35.0 Å². The molecule has 0 aliphatic rings. The van der Waals surface area contributed by atoms with E-state index < -0.39 is 0 Å². The number of halogens is 1. The maximum absolute atomic E-state index is 3.56. The highest BCUT2D eigenvalue weighted by Gasteiger charge is 2.02. The molecule has 0 aliphatic heterocycles. The molecule has 0 aromatic heterocycles. The highest BCUT2D eigenvalue weighted by Crippen LogP contribution is 2.17. The predicted octanol–water partition coefficient (Wildman–Crippen LogP) is 3.24. The summed E-state index contributed by atoms with van der Waals surface area (Å²) in [5.41, 5.74) is 2.61. The Bertz CT molecular complexity index is 339. The highest BCUT2D eigenvalue weighted by molar-refractivity contribution is 9.10. The van der Waals surface area contributed by atoms with E-state index >= 15 is 0 Å². The van der Waals surface area contributed by atoms with Gasteiger partial charge >= 0.3 is 0 Å². The Hall–Kier alpha value is -0.380. The summed E-state index contributed by atoms with van der Waals surface area (Å²) >= 11 is 3.56.